The zero-order valence-electron chi connectivity index (χ0n) is 8.42. The number of ether oxygens (including phenoxy) is 2. The van der Waals surface area contributed by atoms with E-state index >= 15 is 0 Å². The highest BCUT2D eigenvalue weighted by atomic mass is 16.5. The molecule has 2 rings (SSSR count). The van der Waals surface area contributed by atoms with Crippen LogP contribution in [0.4, 0.5) is 0 Å². The number of carboxylic acids is 1. The minimum absolute atomic E-state index is 0.240. The summed E-state index contributed by atoms with van der Waals surface area (Å²) in [5, 5.41) is 8.72. The lowest BCUT2D eigenvalue weighted by Crippen LogP contribution is -2.00. The molecule has 0 atom stereocenters. The summed E-state index contributed by atoms with van der Waals surface area (Å²) >= 11 is 0. The summed E-state index contributed by atoms with van der Waals surface area (Å²) in [6, 6.07) is 6.24. The first-order valence-corrected chi connectivity index (χ1v) is 4.75. The van der Waals surface area contributed by atoms with Gasteiger partial charge in [-0.2, -0.15) is 0 Å². The van der Waals surface area contributed by atoms with Crippen LogP contribution in [0, 0.1) is 0 Å². The van der Waals surface area contributed by atoms with Crippen LogP contribution in [0.3, 0.4) is 0 Å². The minimum Gasteiger partial charge on any atom is -0.497 e. The highest BCUT2D eigenvalue weighted by Gasteiger charge is 2.04. The van der Waals surface area contributed by atoms with Crippen molar-refractivity contribution in [2.24, 2.45) is 0 Å². The van der Waals surface area contributed by atoms with Crippen molar-refractivity contribution in [1.82, 2.24) is 0 Å². The molecule has 0 unspecified atom stereocenters. The van der Waals surface area contributed by atoms with Crippen LogP contribution in [-0.4, -0.2) is 17.7 Å². The molecular formula is C12H10O4. The van der Waals surface area contributed by atoms with Crippen molar-refractivity contribution >= 4 is 5.97 Å². The molecule has 0 fully saturated rings. The normalized spacial score (nSPS) is 13.9. The number of benzene rings is 1. The maximum Gasteiger partial charge on any atom is 0.335 e. The van der Waals surface area contributed by atoms with Crippen LogP contribution in [0.1, 0.15) is 10.4 Å². The Bertz CT molecular complexity index is 443. The van der Waals surface area contributed by atoms with Crippen molar-refractivity contribution in [2.45, 2.75) is 0 Å². The first-order valence-electron chi connectivity index (χ1n) is 4.75. The first kappa shape index (κ1) is 10.3. The van der Waals surface area contributed by atoms with E-state index in [2.05, 4.69) is 0 Å². The molecule has 0 aliphatic carbocycles. The molecule has 4 nitrogen and oxygen atoms in total. The Labute approximate surface area is 92.4 Å². The van der Waals surface area contributed by atoms with Gasteiger partial charge in [0.15, 0.2) is 0 Å². The van der Waals surface area contributed by atoms with Crippen LogP contribution in [0.15, 0.2) is 48.4 Å². The molecule has 1 heterocycles. The van der Waals surface area contributed by atoms with Gasteiger partial charge < -0.3 is 14.6 Å². The van der Waals surface area contributed by atoms with E-state index in [1.165, 1.54) is 12.1 Å². The van der Waals surface area contributed by atoms with E-state index in [1.54, 1.807) is 30.5 Å². The standard InChI is InChI=1S/C12H10O4/c13-12(14)9-1-3-10(4-2-9)16-11-5-7-15-8-6-11/h1-7H,8H2,(H,13,14). The molecule has 1 aromatic rings. The Morgan fingerprint density at radius 3 is 2.62 bits per heavy atom. The molecule has 0 bridgehead atoms. The Hall–Kier alpha value is -2.23. The summed E-state index contributed by atoms with van der Waals surface area (Å²) in [6.45, 7) is 0.485. The van der Waals surface area contributed by atoms with Gasteiger partial charge in [0.25, 0.3) is 0 Å². The quantitative estimate of drug-likeness (QED) is 0.844. The number of rotatable bonds is 3. The fraction of sp³-hybridized carbons (Fsp3) is 0.0833. The molecule has 82 valence electrons. The zero-order chi connectivity index (χ0) is 11.4. The van der Waals surface area contributed by atoms with Gasteiger partial charge in [0.2, 0.25) is 0 Å². The van der Waals surface area contributed by atoms with Gasteiger partial charge in [-0.15, -0.1) is 0 Å². The Balaban J connectivity index is 2.08. The fourth-order valence-electron chi connectivity index (χ4n) is 1.25. The van der Waals surface area contributed by atoms with Crippen molar-refractivity contribution in [2.75, 3.05) is 6.61 Å². The van der Waals surface area contributed by atoms with E-state index in [1.807, 2.05) is 0 Å². The van der Waals surface area contributed by atoms with Gasteiger partial charge in [0.05, 0.1) is 11.8 Å². The second-order valence-electron chi connectivity index (χ2n) is 3.17. The summed E-state index contributed by atoms with van der Waals surface area (Å²) in [5.41, 5.74) is 0.240. The van der Waals surface area contributed by atoms with Crippen LogP contribution in [0.2, 0.25) is 0 Å². The molecule has 0 aromatic heterocycles. The van der Waals surface area contributed by atoms with E-state index in [9.17, 15) is 4.79 Å². The van der Waals surface area contributed by atoms with Gasteiger partial charge in [-0.3, -0.25) is 0 Å². The maximum atomic E-state index is 10.6. The van der Waals surface area contributed by atoms with E-state index in [0.717, 1.165) is 0 Å². The summed E-state index contributed by atoms with van der Waals surface area (Å²) in [7, 11) is 0. The minimum atomic E-state index is -0.947. The number of hydrogen-bond donors (Lipinski definition) is 1. The van der Waals surface area contributed by atoms with Crippen molar-refractivity contribution in [3.8, 4) is 5.75 Å². The van der Waals surface area contributed by atoms with Gasteiger partial charge in [-0.1, -0.05) is 0 Å². The Morgan fingerprint density at radius 1 is 1.31 bits per heavy atom. The molecule has 16 heavy (non-hydrogen) atoms. The lowest BCUT2D eigenvalue weighted by Gasteiger charge is -2.09. The highest BCUT2D eigenvalue weighted by molar-refractivity contribution is 5.87. The van der Waals surface area contributed by atoms with E-state index in [-0.39, 0.29) is 5.56 Å². The van der Waals surface area contributed by atoms with Crippen LogP contribution >= 0.6 is 0 Å². The molecule has 4 heteroatoms. The summed E-state index contributed by atoms with van der Waals surface area (Å²) in [6.07, 6.45) is 5.06. The average Bonchev–Trinajstić information content (AvgIpc) is 2.31. The van der Waals surface area contributed by atoms with Gasteiger partial charge >= 0.3 is 5.97 Å². The summed E-state index contributed by atoms with van der Waals surface area (Å²) in [5.74, 6) is 0.342. The average molecular weight is 218 g/mol. The third-order valence-corrected chi connectivity index (χ3v) is 2.05. The lowest BCUT2D eigenvalue weighted by atomic mass is 10.2. The fourth-order valence-corrected chi connectivity index (χ4v) is 1.25. The number of hydrogen-bond acceptors (Lipinski definition) is 3. The lowest BCUT2D eigenvalue weighted by molar-refractivity contribution is 0.0697. The SMILES string of the molecule is O=C(O)c1ccc(OC2=CCOC=C2)cc1. The number of carbonyl (C=O) groups is 1. The molecular weight excluding hydrogens is 208 g/mol. The van der Waals surface area contributed by atoms with Crippen molar-refractivity contribution in [3.05, 3.63) is 54.0 Å². The number of aromatic carboxylic acids is 1. The first-order chi connectivity index (χ1) is 7.75. The third kappa shape index (κ3) is 2.42. The van der Waals surface area contributed by atoms with E-state index < -0.39 is 5.97 Å². The molecule has 0 amide bonds. The van der Waals surface area contributed by atoms with E-state index in [4.69, 9.17) is 14.6 Å². The highest BCUT2D eigenvalue weighted by Crippen LogP contribution is 2.16. The second-order valence-corrected chi connectivity index (χ2v) is 3.17. The Kier molecular flexibility index (Phi) is 2.91. The molecule has 1 aliphatic heterocycles. The molecule has 1 aliphatic rings. The van der Waals surface area contributed by atoms with Gasteiger partial charge in [0.1, 0.15) is 18.1 Å². The van der Waals surface area contributed by atoms with Gasteiger partial charge in [-0.25, -0.2) is 4.79 Å². The molecule has 0 saturated heterocycles. The van der Waals surface area contributed by atoms with E-state index in [0.29, 0.717) is 18.1 Å². The molecule has 0 saturated carbocycles. The van der Waals surface area contributed by atoms with Crippen molar-refractivity contribution in [1.29, 1.82) is 0 Å². The summed E-state index contributed by atoms with van der Waals surface area (Å²) in [4.78, 5) is 10.6. The number of carboxylic acid groups (broad SMARTS) is 1. The summed E-state index contributed by atoms with van der Waals surface area (Å²) < 4.78 is 10.5. The maximum absolute atomic E-state index is 10.6. The van der Waals surface area contributed by atoms with Crippen LogP contribution in [0.25, 0.3) is 0 Å². The topological polar surface area (TPSA) is 55.8 Å². The molecule has 1 aromatic carbocycles. The predicted molar refractivity (Wildman–Crippen MR) is 57.2 cm³/mol. The number of allylic oxidation sites excluding steroid dienone is 1. The molecule has 1 N–H and O–H groups in total. The van der Waals surface area contributed by atoms with Crippen LogP contribution in [0.5, 0.6) is 5.75 Å². The Morgan fingerprint density at radius 2 is 2.06 bits per heavy atom. The van der Waals surface area contributed by atoms with Crippen molar-refractivity contribution in [3.63, 3.8) is 0 Å². The van der Waals surface area contributed by atoms with Gasteiger partial charge in [0, 0.05) is 6.08 Å². The predicted octanol–water partition coefficient (Wildman–Crippen LogP) is 2.19. The van der Waals surface area contributed by atoms with Crippen molar-refractivity contribution < 1.29 is 19.4 Å². The van der Waals surface area contributed by atoms with Crippen LogP contribution in [-0.2, 0) is 4.74 Å². The van der Waals surface area contributed by atoms with Crippen LogP contribution < -0.4 is 4.74 Å². The largest absolute Gasteiger partial charge is 0.497 e. The molecule has 0 radical (unpaired) electrons. The molecule has 0 spiro atoms. The third-order valence-electron chi connectivity index (χ3n) is 2.05. The smallest absolute Gasteiger partial charge is 0.335 e. The monoisotopic (exact) mass is 218 g/mol. The zero-order valence-corrected chi connectivity index (χ0v) is 8.42. The van der Waals surface area contributed by atoms with Gasteiger partial charge in [-0.05, 0) is 30.3 Å². The second kappa shape index (κ2) is 4.53.